The molecule has 0 aromatic carbocycles. The van der Waals surface area contributed by atoms with E-state index in [2.05, 4.69) is 33.4 Å². The first kappa shape index (κ1) is 22.0. The second-order valence-electron chi connectivity index (χ2n) is 10.2. The van der Waals surface area contributed by atoms with Gasteiger partial charge in [-0.3, -0.25) is 0 Å². The zero-order valence-electron chi connectivity index (χ0n) is 18.9. The number of carbonyl (C=O) groups is 1. The van der Waals surface area contributed by atoms with Gasteiger partial charge in [0.2, 0.25) is 0 Å². The molecule has 0 N–H and O–H groups in total. The molecular formula is C24H36O6. The minimum atomic E-state index is -0.305. The predicted molar refractivity (Wildman–Crippen MR) is 111 cm³/mol. The average Bonchev–Trinajstić information content (AvgIpc) is 3.01. The Morgan fingerprint density at radius 1 is 1.17 bits per heavy atom. The zero-order chi connectivity index (χ0) is 21.7. The minimum absolute atomic E-state index is 0.0871. The van der Waals surface area contributed by atoms with Crippen LogP contribution in [0.4, 0.5) is 0 Å². The summed E-state index contributed by atoms with van der Waals surface area (Å²) < 4.78 is 28.7. The Hall–Kier alpha value is -1.21. The molecule has 6 heteroatoms. The molecule has 0 aromatic heterocycles. The Balaban J connectivity index is 1.75. The highest BCUT2D eigenvalue weighted by atomic mass is 16.7. The Labute approximate surface area is 179 Å². The molecule has 30 heavy (non-hydrogen) atoms. The van der Waals surface area contributed by atoms with Gasteiger partial charge in [0.1, 0.15) is 19.7 Å². The fraction of sp³-hybridized carbons (Fsp3) is 0.792. The molecule has 0 bridgehead atoms. The van der Waals surface area contributed by atoms with E-state index in [9.17, 15) is 4.79 Å². The van der Waals surface area contributed by atoms with Gasteiger partial charge in [-0.25, -0.2) is 4.79 Å². The first-order chi connectivity index (χ1) is 14.3. The highest BCUT2D eigenvalue weighted by molar-refractivity contribution is 5.91. The third kappa shape index (κ3) is 3.27. The van der Waals surface area contributed by atoms with Crippen LogP contribution < -0.4 is 0 Å². The summed E-state index contributed by atoms with van der Waals surface area (Å²) in [5, 5.41) is 0. The summed E-state index contributed by atoms with van der Waals surface area (Å²) in [5.74, 6) is 0.222. The smallest absolute Gasteiger partial charge is 0.334 e. The van der Waals surface area contributed by atoms with Crippen LogP contribution in [0.15, 0.2) is 23.8 Å². The fourth-order valence-corrected chi connectivity index (χ4v) is 6.95. The van der Waals surface area contributed by atoms with Crippen molar-refractivity contribution in [3.63, 3.8) is 0 Å². The fourth-order valence-electron chi connectivity index (χ4n) is 6.95. The zero-order valence-corrected chi connectivity index (χ0v) is 18.9. The Morgan fingerprint density at radius 3 is 2.57 bits per heavy atom. The largest absolute Gasteiger partial charge is 0.454 e. The van der Waals surface area contributed by atoms with Gasteiger partial charge in [0.15, 0.2) is 0 Å². The van der Waals surface area contributed by atoms with E-state index in [4.69, 9.17) is 23.7 Å². The number of carbonyl (C=O) groups excluding carboxylic acids is 1. The van der Waals surface area contributed by atoms with Gasteiger partial charge in [-0.1, -0.05) is 33.4 Å². The van der Waals surface area contributed by atoms with Crippen molar-refractivity contribution >= 4 is 5.97 Å². The van der Waals surface area contributed by atoms with E-state index in [0.717, 1.165) is 25.7 Å². The average molecular weight is 421 g/mol. The predicted octanol–water partition coefficient (Wildman–Crippen LogP) is 3.85. The molecule has 1 heterocycles. The van der Waals surface area contributed by atoms with Crippen molar-refractivity contribution in [3.8, 4) is 0 Å². The Kier molecular flexibility index (Phi) is 5.90. The lowest BCUT2D eigenvalue weighted by Crippen LogP contribution is -2.60. The molecule has 0 unspecified atom stereocenters. The van der Waals surface area contributed by atoms with E-state index < -0.39 is 0 Å². The number of ether oxygens (including phenoxy) is 5. The standard InChI is InChI=1S/C24H36O6/c1-14-20-17(28-12-26-5)11-16-15(21(20)30-22(14)25)7-8-18-23(2,3)10-9-19(24(16,18)4)29-13-27-6/h7,16-21H,1,8-13H2,2-6H3/t16-,17+,18-,19+,20-,21+,24+/m1/s1. The molecule has 168 valence electrons. The summed E-state index contributed by atoms with van der Waals surface area (Å²) in [6.07, 6.45) is 5.87. The van der Waals surface area contributed by atoms with Crippen LogP contribution in [-0.2, 0) is 28.5 Å². The molecule has 0 radical (unpaired) electrons. The maximum atomic E-state index is 12.4. The molecule has 0 aromatic rings. The van der Waals surface area contributed by atoms with Crippen molar-refractivity contribution in [2.45, 2.75) is 64.8 Å². The number of hydrogen-bond donors (Lipinski definition) is 0. The van der Waals surface area contributed by atoms with E-state index in [-0.39, 0.29) is 53.7 Å². The van der Waals surface area contributed by atoms with E-state index >= 15 is 0 Å². The number of fused-ring (bicyclic) bond motifs is 5. The van der Waals surface area contributed by atoms with Gasteiger partial charge in [-0.2, -0.15) is 0 Å². The molecule has 1 saturated heterocycles. The summed E-state index contributed by atoms with van der Waals surface area (Å²) >= 11 is 0. The monoisotopic (exact) mass is 420 g/mol. The number of methoxy groups -OCH3 is 2. The number of allylic oxidation sites excluding steroid dienone is 1. The lowest BCUT2D eigenvalue weighted by molar-refractivity contribution is -0.202. The van der Waals surface area contributed by atoms with Crippen LogP contribution in [0.2, 0.25) is 0 Å². The number of esters is 1. The van der Waals surface area contributed by atoms with Crippen molar-refractivity contribution in [1.82, 2.24) is 0 Å². The molecular weight excluding hydrogens is 384 g/mol. The van der Waals surface area contributed by atoms with Crippen molar-refractivity contribution in [2.24, 2.45) is 28.6 Å². The Bertz CT molecular complexity index is 727. The van der Waals surface area contributed by atoms with E-state index in [1.54, 1.807) is 14.2 Å². The molecule has 0 spiro atoms. The van der Waals surface area contributed by atoms with Crippen LogP contribution in [-0.4, -0.2) is 52.1 Å². The lowest BCUT2D eigenvalue weighted by Gasteiger charge is -2.62. The highest BCUT2D eigenvalue weighted by Gasteiger charge is 2.63. The maximum absolute atomic E-state index is 12.4. The minimum Gasteiger partial charge on any atom is -0.454 e. The van der Waals surface area contributed by atoms with Crippen molar-refractivity contribution in [3.05, 3.63) is 23.8 Å². The molecule has 1 aliphatic heterocycles. The van der Waals surface area contributed by atoms with Crippen LogP contribution in [0.25, 0.3) is 0 Å². The van der Waals surface area contributed by atoms with Crippen LogP contribution in [0.3, 0.4) is 0 Å². The second kappa shape index (κ2) is 8.05. The molecule has 3 fully saturated rings. The van der Waals surface area contributed by atoms with Gasteiger partial charge in [0.25, 0.3) is 0 Å². The van der Waals surface area contributed by atoms with Gasteiger partial charge in [-0.15, -0.1) is 0 Å². The van der Waals surface area contributed by atoms with E-state index in [1.165, 1.54) is 5.57 Å². The van der Waals surface area contributed by atoms with Gasteiger partial charge >= 0.3 is 5.97 Å². The lowest BCUT2D eigenvalue weighted by atomic mass is 9.45. The summed E-state index contributed by atoms with van der Waals surface area (Å²) in [6.45, 7) is 11.6. The van der Waals surface area contributed by atoms with Gasteiger partial charge < -0.3 is 23.7 Å². The quantitative estimate of drug-likeness (QED) is 0.281. The maximum Gasteiger partial charge on any atom is 0.334 e. The van der Waals surface area contributed by atoms with Crippen molar-refractivity contribution in [1.29, 1.82) is 0 Å². The first-order valence-corrected chi connectivity index (χ1v) is 11.1. The van der Waals surface area contributed by atoms with Crippen LogP contribution in [0, 0.1) is 28.6 Å². The molecule has 3 aliphatic carbocycles. The van der Waals surface area contributed by atoms with Crippen LogP contribution in [0.5, 0.6) is 0 Å². The number of hydrogen-bond acceptors (Lipinski definition) is 6. The summed E-state index contributed by atoms with van der Waals surface area (Å²) in [4.78, 5) is 12.4. The van der Waals surface area contributed by atoms with Crippen molar-refractivity contribution in [2.75, 3.05) is 27.8 Å². The summed E-state index contributed by atoms with van der Waals surface area (Å²) in [5.41, 5.74) is 1.86. The molecule has 0 amide bonds. The second-order valence-corrected chi connectivity index (χ2v) is 10.2. The molecule has 7 atom stereocenters. The molecule has 2 saturated carbocycles. The highest BCUT2D eigenvalue weighted by Crippen LogP contribution is 2.64. The normalized spacial score (nSPS) is 42.1. The number of rotatable bonds is 6. The molecule has 4 aliphatic rings. The van der Waals surface area contributed by atoms with Crippen LogP contribution >= 0.6 is 0 Å². The summed E-state index contributed by atoms with van der Waals surface area (Å²) in [6, 6.07) is 0. The van der Waals surface area contributed by atoms with Gasteiger partial charge in [0, 0.05) is 25.2 Å². The van der Waals surface area contributed by atoms with Gasteiger partial charge in [-0.05, 0) is 48.5 Å². The SMILES string of the molecule is C=C1C(=O)O[C@H]2C3=CC[C@@H]4C(C)(C)CC[C@H](OCOC)[C@@]4(C)[C@@H]3C[C@H](OCOC)[C@@H]12. The van der Waals surface area contributed by atoms with Crippen LogP contribution in [0.1, 0.15) is 46.5 Å². The Morgan fingerprint density at radius 2 is 1.87 bits per heavy atom. The van der Waals surface area contributed by atoms with E-state index in [0.29, 0.717) is 18.3 Å². The van der Waals surface area contributed by atoms with Crippen molar-refractivity contribution < 1.29 is 28.5 Å². The summed E-state index contributed by atoms with van der Waals surface area (Å²) in [7, 11) is 3.29. The third-order valence-electron chi connectivity index (χ3n) is 8.39. The topological polar surface area (TPSA) is 63.2 Å². The molecule has 4 rings (SSSR count). The first-order valence-electron chi connectivity index (χ1n) is 11.1. The third-order valence-corrected chi connectivity index (χ3v) is 8.39. The molecule has 6 nitrogen and oxygen atoms in total. The van der Waals surface area contributed by atoms with E-state index in [1.807, 2.05) is 0 Å². The van der Waals surface area contributed by atoms with Gasteiger partial charge in [0.05, 0.1) is 18.1 Å².